The molecule has 1 amide bonds. The van der Waals surface area contributed by atoms with Crippen LogP contribution in [0.15, 0.2) is 12.4 Å². The SMILES string of the molecule is O=C1NC(N2CCOCC2)NC(N[C@@H]2CCCNC2)C1c1ncc(F)cn1. The summed E-state index contributed by atoms with van der Waals surface area (Å²) < 4.78 is 18.6. The summed E-state index contributed by atoms with van der Waals surface area (Å²) in [5.41, 5.74) is 0. The van der Waals surface area contributed by atoms with Crippen LogP contribution in [-0.2, 0) is 9.53 Å². The van der Waals surface area contributed by atoms with Gasteiger partial charge in [-0.05, 0) is 19.4 Å². The highest BCUT2D eigenvalue weighted by atomic mass is 19.1. The molecule has 148 valence electrons. The number of aromatic nitrogens is 2. The van der Waals surface area contributed by atoms with Crippen molar-refractivity contribution in [1.29, 1.82) is 0 Å². The zero-order valence-corrected chi connectivity index (χ0v) is 15.2. The summed E-state index contributed by atoms with van der Waals surface area (Å²) in [6, 6.07) is 0.246. The molecule has 0 spiro atoms. The fourth-order valence-electron chi connectivity index (χ4n) is 3.86. The number of halogens is 1. The molecule has 27 heavy (non-hydrogen) atoms. The van der Waals surface area contributed by atoms with Crippen LogP contribution in [-0.4, -0.2) is 78.7 Å². The number of nitrogens with one attached hydrogen (secondary N) is 4. The third kappa shape index (κ3) is 4.41. The van der Waals surface area contributed by atoms with Gasteiger partial charge in [0.15, 0.2) is 5.82 Å². The summed E-state index contributed by atoms with van der Waals surface area (Å²) >= 11 is 0. The number of carbonyl (C=O) groups is 1. The average Bonchev–Trinajstić information content (AvgIpc) is 2.70. The van der Waals surface area contributed by atoms with Gasteiger partial charge >= 0.3 is 0 Å². The molecule has 3 fully saturated rings. The predicted molar refractivity (Wildman–Crippen MR) is 95.0 cm³/mol. The minimum atomic E-state index is -0.634. The van der Waals surface area contributed by atoms with Crippen molar-refractivity contribution in [2.45, 2.75) is 37.3 Å². The number of carbonyl (C=O) groups excluding carboxylic acids is 1. The molecule has 0 radical (unpaired) electrons. The van der Waals surface area contributed by atoms with Crippen LogP contribution in [0.5, 0.6) is 0 Å². The van der Waals surface area contributed by atoms with E-state index in [4.69, 9.17) is 4.74 Å². The molecule has 4 atom stereocenters. The van der Waals surface area contributed by atoms with Crippen LogP contribution in [0, 0.1) is 5.82 Å². The van der Waals surface area contributed by atoms with Gasteiger partial charge in [-0.15, -0.1) is 0 Å². The Labute approximate surface area is 157 Å². The monoisotopic (exact) mass is 379 g/mol. The summed E-state index contributed by atoms with van der Waals surface area (Å²) in [5.74, 6) is -1.01. The molecule has 4 rings (SSSR count). The van der Waals surface area contributed by atoms with Crippen LogP contribution in [0.25, 0.3) is 0 Å². The van der Waals surface area contributed by atoms with Crippen molar-refractivity contribution in [2.75, 3.05) is 39.4 Å². The molecule has 10 heteroatoms. The smallest absolute Gasteiger partial charge is 0.236 e. The maximum Gasteiger partial charge on any atom is 0.236 e. The van der Waals surface area contributed by atoms with Crippen LogP contribution in [0.1, 0.15) is 24.6 Å². The minimum absolute atomic E-state index is 0.168. The number of hydrogen-bond donors (Lipinski definition) is 4. The van der Waals surface area contributed by atoms with Crippen LogP contribution in [0.2, 0.25) is 0 Å². The number of morpholine rings is 1. The van der Waals surface area contributed by atoms with Crippen molar-refractivity contribution in [3.05, 3.63) is 24.0 Å². The second-order valence-corrected chi connectivity index (χ2v) is 7.15. The van der Waals surface area contributed by atoms with E-state index in [0.29, 0.717) is 19.0 Å². The van der Waals surface area contributed by atoms with Crippen molar-refractivity contribution in [2.24, 2.45) is 0 Å². The molecule has 1 aromatic rings. The van der Waals surface area contributed by atoms with Crippen LogP contribution >= 0.6 is 0 Å². The summed E-state index contributed by atoms with van der Waals surface area (Å²) in [4.78, 5) is 23.2. The third-order valence-electron chi connectivity index (χ3n) is 5.27. The fraction of sp³-hybridized carbons (Fsp3) is 0.706. The normalized spacial score (nSPS) is 32.9. The van der Waals surface area contributed by atoms with Crippen LogP contribution < -0.4 is 21.3 Å². The fourth-order valence-corrected chi connectivity index (χ4v) is 3.86. The van der Waals surface area contributed by atoms with Gasteiger partial charge in [0, 0.05) is 25.7 Å². The molecule has 0 aromatic carbocycles. The standard InChI is InChI=1S/C17H26FN7O2/c18-11-8-20-14(21-9-11)13-15(22-12-2-1-3-19-10-12)23-17(24-16(13)26)25-4-6-27-7-5-25/h8-9,12-13,15,17,19,22-23H,1-7,10H2,(H,24,26)/t12-,13?,15?,17?/m1/s1. The topological polar surface area (TPSA) is 103 Å². The molecular weight excluding hydrogens is 353 g/mol. The first-order valence-electron chi connectivity index (χ1n) is 9.53. The number of amides is 1. The number of nitrogens with zero attached hydrogens (tertiary/aromatic N) is 3. The first-order chi connectivity index (χ1) is 13.2. The maximum atomic E-state index is 13.2. The van der Waals surface area contributed by atoms with E-state index in [0.717, 1.165) is 51.4 Å². The molecule has 4 N–H and O–H groups in total. The van der Waals surface area contributed by atoms with Crippen LogP contribution in [0.4, 0.5) is 4.39 Å². The van der Waals surface area contributed by atoms with Gasteiger partial charge in [0.25, 0.3) is 0 Å². The van der Waals surface area contributed by atoms with Gasteiger partial charge in [-0.3, -0.25) is 20.3 Å². The summed E-state index contributed by atoms with van der Waals surface area (Å²) in [6.45, 7) is 4.63. The van der Waals surface area contributed by atoms with E-state index in [2.05, 4.69) is 36.1 Å². The van der Waals surface area contributed by atoms with E-state index in [1.165, 1.54) is 0 Å². The van der Waals surface area contributed by atoms with Crippen molar-refractivity contribution in [3.63, 3.8) is 0 Å². The van der Waals surface area contributed by atoms with E-state index in [1.54, 1.807) is 0 Å². The minimum Gasteiger partial charge on any atom is -0.379 e. The zero-order chi connectivity index (χ0) is 18.6. The third-order valence-corrected chi connectivity index (χ3v) is 5.27. The first-order valence-corrected chi connectivity index (χ1v) is 9.53. The zero-order valence-electron chi connectivity index (χ0n) is 15.2. The van der Waals surface area contributed by atoms with Gasteiger partial charge in [0.2, 0.25) is 5.91 Å². The Balaban J connectivity index is 1.54. The highest BCUT2D eigenvalue weighted by molar-refractivity contribution is 5.84. The molecule has 0 saturated carbocycles. The Morgan fingerprint density at radius 2 is 2.04 bits per heavy atom. The first kappa shape index (κ1) is 18.6. The Kier molecular flexibility index (Phi) is 5.89. The van der Waals surface area contributed by atoms with Gasteiger partial charge < -0.3 is 15.4 Å². The van der Waals surface area contributed by atoms with Gasteiger partial charge in [-0.1, -0.05) is 0 Å². The van der Waals surface area contributed by atoms with E-state index < -0.39 is 11.7 Å². The predicted octanol–water partition coefficient (Wildman–Crippen LogP) is -1.30. The van der Waals surface area contributed by atoms with Crippen molar-refractivity contribution < 1.29 is 13.9 Å². The van der Waals surface area contributed by atoms with Gasteiger partial charge in [-0.2, -0.15) is 0 Å². The van der Waals surface area contributed by atoms with E-state index in [1.807, 2.05) is 0 Å². The number of rotatable bonds is 4. The number of hydrogen-bond acceptors (Lipinski definition) is 8. The lowest BCUT2D eigenvalue weighted by Crippen LogP contribution is -2.72. The number of piperidine rings is 1. The molecule has 9 nitrogen and oxygen atoms in total. The molecule has 4 heterocycles. The van der Waals surface area contributed by atoms with Gasteiger partial charge in [-0.25, -0.2) is 14.4 Å². The van der Waals surface area contributed by atoms with Crippen molar-refractivity contribution >= 4 is 5.91 Å². The lowest BCUT2D eigenvalue weighted by atomic mass is 9.98. The second kappa shape index (κ2) is 8.53. The summed E-state index contributed by atoms with van der Waals surface area (Å²) in [6.07, 6.45) is 3.69. The molecule has 0 aliphatic carbocycles. The highest BCUT2D eigenvalue weighted by Gasteiger charge is 2.41. The molecule has 3 aliphatic heterocycles. The Morgan fingerprint density at radius 1 is 1.26 bits per heavy atom. The quantitative estimate of drug-likeness (QED) is 0.512. The van der Waals surface area contributed by atoms with Crippen molar-refractivity contribution in [1.82, 2.24) is 36.1 Å². The Morgan fingerprint density at radius 3 is 2.74 bits per heavy atom. The number of ether oxygens (including phenoxy) is 1. The largest absolute Gasteiger partial charge is 0.379 e. The lowest BCUT2D eigenvalue weighted by molar-refractivity contribution is -0.131. The van der Waals surface area contributed by atoms with Crippen LogP contribution in [0.3, 0.4) is 0 Å². The summed E-state index contributed by atoms with van der Waals surface area (Å²) in [7, 11) is 0. The second-order valence-electron chi connectivity index (χ2n) is 7.15. The molecule has 0 bridgehead atoms. The van der Waals surface area contributed by atoms with Crippen molar-refractivity contribution in [3.8, 4) is 0 Å². The van der Waals surface area contributed by atoms with Gasteiger partial charge in [0.1, 0.15) is 18.0 Å². The molecular formula is C17H26FN7O2. The molecule has 3 aliphatic rings. The van der Waals surface area contributed by atoms with E-state index >= 15 is 0 Å². The van der Waals surface area contributed by atoms with E-state index in [9.17, 15) is 9.18 Å². The highest BCUT2D eigenvalue weighted by Crippen LogP contribution is 2.21. The lowest BCUT2D eigenvalue weighted by Gasteiger charge is -2.44. The molecule has 3 saturated heterocycles. The average molecular weight is 379 g/mol. The van der Waals surface area contributed by atoms with E-state index in [-0.39, 0.29) is 24.4 Å². The van der Waals surface area contributed by atoms with Gasteiger partial charge in [0.05, 0.1) is 31.8 Å². The Bertz CT molecular complexity index is 635. The molecule has 1 aromatic heterocycles. The maximum absolute atomic E-state index is 13.2. The molecule has 3 unspecified atom stereocenters. The Hall–Kier alpha value is -1.72. The summed E-state index contributed by atoms with van der Waals surface area (Å²) in [5, 5.41) is 13.4.